The van der Waals surface area contributed by atoms with Gasteiger partial charge in [0.1, 0.15) is 11.1 Å². The van der Waals surface area contributed by atoms with Crippen LogP contribution in [0, 0.1) is 29.9 Å². The Hall–Kier alpha value is -2.99. The van der Waals surface area contributed by atoms with E-state index in [1.165, 1.54) is 12.1 Å². The van der Waals surface area contributed by atoms with Gasteiger partial charge in [0, 0.05) is 11.8 Å². The first-order valence-corrected chi connectivity index (χ1v) is 9.16. The average molecular weight is 405 g/mol. The number of benzene rings is 1. The lowest BCUT2D eigenvalue weighted by Crippen LogP contribution is -2.23. The van der Waals surface area contributed by atoms with E-state index in [4.69, 9.17) is 4.74 Å². The van der Waals surface area contributed by atoms with Crippen LogP contribution in [0.1, 0.15) is 35.5 Å². The highest BCUT2D eigenvalue weighted by Gasteiger charge is 2.21. The molecule has 1 N–H and O–H groups in total. The van der Waals surface area contributed by atoms with Crippen molar-refractivity contribution in [1.29, 1.82) is 5.26 Å². The van der Waals surface area contributed by atoms with Crippen molar-refractivity contribution in [3.8, 4) is 6.07 Å². The van der Waals surface area contributed by atoms with Crippen LogP contribution in [0.5, 0.6) is 0 Å². The van der Waals surface area contributed by atoms with Crippen LogP contribution in [0.15, 0.2) is 29.3 Å². The number of carbonyl (C=O) groups excluding carboxylic acids is 2. The molecule has 0 bridgehead atoms. The Morgan fingerprint density at radius 3 is 2.64 bits per heavy atom. The van der Waals surface area contributed by atoms with E-state index in [-0.39, 0.29) is 28.4 Å². The molecule has 2 rings (SSSR count). The number of ether oxygens (including phenoxy) is 1. The molecule has 1 atom stereocenters. The molecule has 1 aromatic carbocycles. The molecular weight excluding hydrogens is 388 g/mol. The predicted octanol–water partition coefficient (Wildman–Crippen LogP) is 3.84. The molecule has 6 nitrogen and oxygen atoms in total. The number of nitrogens with one attached hydrogen (secondary N) is 1. The van der Waals surface area contributed by atoms with Gasteiger partial charge in [0.05, 0.1) is 28.7 Å². The summed E-state index contributed by atoms with van der Waals surface area (Å²) in [4.78, 5) is 28.5. The van der Waals surface area contributed by atoms with E-state index in [2.05, 4.69) is 10.3 Å². The van der Waals surface area contributed by atoms with E-state index in [0.717, 1.165) is 23.9 Å². The second-order valence-electron chi connectivity index (χ2n) is 5.68. The van der Waals surface area contributed by atoms with Crippen LogP contribution < -0.4 is 5.32 Å². The van der Waals surface area contributed by atoms with Crippen LogP contribution in [0.4, 0.5) is 14.5 Å². The first-order valence-electron chi connectivity index (χ1n) is 8.28. The number of anilines is 1. The molecule has 146 valence electrons. The lowest BCUT2D eigenvalue weighted by atomic mass is 10.1. The van der Waals surface area contributed by atoms with Gasteiger partial charge in [-0.3, -0.25) is 4.79 Å². The molecule has 0 aliphatic rings. The van der Waals surface area contributed by atoms with Gasteiger partial charge in [-0.25, -0.2) is 18.6 Å². The highest BCUT2D eigenvalue weighted by molar-refractivity contribution is 8.00. The van der Waals surface area contributed by atoms with Gasteiger partial charge in [-0.1, -0.05) is 11.8 Å². The molecule has 1 aromatic heterocycles. The Morgan fingerprint density at radius 1 is 1.32 bits per heavy atom. The van der Waals surface area contributed by atoms with E-state index in [9.17, 15) is 23.6 Å². The summed E-state index contributed by atoms with van der Waals surface area (Å²) < 4.78 is 31.2. The van der Waals surface area contributed by atoms with Crippen molar-refractivity contribution < 1.29 is 23.1 Å². The number of amides is 1. The second-order valence-corrected chi connectivity index (χ2v) is 7.01. The van der Waals surface area contributed by atoms with Crippen LogP contribution in [0.25, 0.3) is 0 Å². The van der Waals surface area contributed by atoms with E-state index in [0.29, 0.717) is 5.69 Å². The molecule has 0 saturated carbocycles. The Kier molecular flexibility index (Phi) is 7.06. The number of pyridine rings is 1. The molecule has 1 heterocycles. The number of thioether (sulfide) groups is 1. The fourth-order valence-electron chi connectivity index (χ4n) is 2.21. The van der Waals surface area contributed by atoms with Crippen molar-refractivity contribution in [2.24, 2.45) is 0 Å². The Bertz CT molecular complexity index is 960. The Balaban J connectivity index is 2.18. The summed E-state index contributed by atoms with van der Waals surface area (Å²) in [6, 6.07) is 6.36. The van der Waals surface area contributed by atoms with Crippen LogP contribution in [0.2, 0.25) is 0 Å². The zero-order chi connectivity index (χ0) is 20.8. The third kappa shape index (κ3) is 5.04. The number of halogens is 2. The van der Waals surface area contributed by atoms with E-state index < -0.39 is 28.8 Å². The summed E-state index contributed by atoms with van der Waals surface area (Å²) in [6.07, 6.45) is 0. The van der Waals surface area contributed by atoms with Gasteiger partial charge in [-0.15, -0.1) is 0 Å². The first-order chi connectivity index (χ1) is 13.3. The highest BCUT2D eigenvalue weighted by Crippen LogP contribution is 2.28. The second kappa shape index (κ2) is 9.28. The normalized spacial score (nSPS) is 11.4. The number of carbonyl (C=O) groups is 2. The van der Waals surface area contributed by atoms with Crippen LogP contribution in [0.3, 0.4) is 0 Å². The largest absolute Gasteiger partial charge is 0.462 e. The number of nitrogens with zero attached hydrogens (tertiary/aromatic N) is 2. The Labute approximate surface area is 164 Å². The summed E-state index contributed by atoms with van der Waals surface area (Å²) in [5, 5.41) is 11.4. The number of hydrogen-bond acceptors (Lipinski definition) is 6. The molecule has 0 unspecified atom stereocenters. The zero-order valence-electron chi connectivity index (χ0n) is 15.4. The molecule has 28 heavy (non-hydrogen) atoms. The molecule has 9 heteroatoms. The van der Waals surface area contributed by atoms with Gasteiger partial charge in [-0.2, -0.15) is 5.26 Å². The molecule has 0 spiro atoms. The van der Waals surface area contributed by atoms with Gasteiger partial charge >= 0.3 is 5.97 Å². The van der Waals surface area contributed by atoms with Crippen molar-refractivity contribution in [3.05, 3.63) is 52.7 Å². The highest BCUT2D eigenvalue weighted by atomic mass is 32.2. The quantitative estimate of drug-likeness (QED) is 0.580. The zero-order valence-corrected chi connectivity index (χ0v) is 16.2. The van der Waals surface area contributed by atoms with Gasteiger partial charge in [0.15, 0.2) is 11.6 Å². The minimum atomic E-state index is -1.07. The third-order valence-corrected chi connectivity index (χ3v) is 4.74. The smallest absolute Gasteiger partial charge is 0.340 e. The maximum Gasteiger partial charge on any atom is 0.340 e. The SMILES string of the molecule is CCOC(=O)c1cc(C#N)c(S[C@H](C)C(=O)Nc2ccc(F)c(F)c2)nc1C. The van der Waals surface area contributed by atoms with E-state index in [1.807, 2.05) is 6.07 Å². The summed E-state index contributed by atoms with van der Waals surface area (Å²) in [6.45, 7) is 5.04. The molecular formula is C19H17F2N3O3S. The van der Waals surface area contributed by atoms with Gasteiger partial charge in [0.25, 0.3) is 0 Å². The number of hydrogen-bond donors (Lipinski definition) is 1. The van der Waals surface area contributed by atoms with Gasteiger partial charge in [0.2, 0.25) is 5.91 Å². The molecule has 2 aromatic rings. The average Bonchev–Trinajstić information content (AvgIpc) is 2.65. The van der Waals surface area contributed by atoms with Crippen molar-refractivity contribution in [2.75, 3.05) is 11.9 Å². The fourth-order valence-corrected chi connectivity index (χ4v) is 3.13. The van der Waals surface area contributed by atoms with Crippen molar-refractivity contribution in [1.82, 2.24) is 4.98 Å². The molecule has 0 aliphatic carbocycles. The van der Waals surface area contributed by atoms with E-state index in [1.54, 1.807) is 20.8 Å². The fraction of sp³-hybridized carbons (Fsp3) is 0.263. The van der Waals surface area contributed by atoms with Crippen LogP contribution in [-0.2, 0) is 9.53 Å². The number of aromatic nitrogens is 1. The number of nitriles is 1. The summed E-state index contributed by atoms with van der Waals surface area (Å²) in [5.74, 6) is -3.14. The lowest BCUT2D eigenvalue weighted by Gasteiger charge is -2.14. The monoisotopic (exact) mass is 405 g/mol. The van der Waals surface area contributed by atoms with Crippen molar-refractivity contribution >= 4 is 29.3 Å². The molecule has 1 amide bonds. The lowest BCUT2D eigenvalue weighted by molar-refractivity contribution is -0.115. The topological polar surface area (TPSA) is 92.1 Å². The Morgan fingerprint density at radius 2 is 2.04 bits per heavy atom. The van der Waals surface area contributed by atoms with Gasteiger partial charge < -0.3 is 10.1 Å². The molecule has 0 radical (unpaired) electrons. The predicted molar refractivity (Wildman–Crippen MR) is 100.0 cm³/mol. The number of esters is 1. The van der Waals surface area contributed by atoms with E-state index >= 15 is 0 Å². The van der Waals surface area contributed by atoms with Crippen molar-refractivity contribution in [2.45, 2.75) is 31.0 Å². The van der Waals surface area contributed by atoms with Crippen LogP contribution in [-0.4, -0.2) is 28.7 Å². The standard InChI is InChI=1S/C19H17F2N3O3S/c1-4-27-19(26)14-7-12(9-22)18(23-10(14)2)28-11(3)17(25)24-13-5-6-15(20)16(21)8-13/h5-8,11H,4H2,1-3H3,(H,24,25)/t11-/m1/s1. The maximum absolute atomic E-state index is 13.3. The molecule has 0 aliphatic heterocycles. The van der Waals surface area contributed by atoms with Gasteiger partial charge in [-0.05, 0) is 39.0 Å². The third-order valence-electron chi connectivity index (χ3n) is 3.64. The maximum atomic E-state index is 13.3. The summed E-state index contributed by atoms with van der Waals surface area (Å²) >= 11 is 1.01. The summed E-state index contributed by atoms with van der Waals surface area (Å²) in [5.41, 5.74) is 0.791. The first kappa shape index (κ1) is 21.3. The van der Waals surface area contributed by atoms with Crippen molar-refractivity contribution in [3.63, 3.8) is 0 Å². The van der Waals surface area contributed by atoms with Crippen LogP contribution >= 0.6 is 11.8 Å². The number of rotatable bonds is 6. The minimum Gasteiger partial charge on any atom is -0.462 e. The molecule has 0 saturated heterocycles. The molecule has 0 fully saturated rings. The minimum absolute atomic E-state index is 0.110. The number of aryl methyl sites for hydroxylation is 1. The summed E-state index contributed by atoms with van der Waals surface area (Å²) in [7, 11) is 0.